The minimum Gasteiger partial charge on any atom is -0.322 e. The number of nitriles is 1. The average molecular weight is 405 g/mol. The molecule has 2 heterocycles. The molecular formula is C21H16N4OS2. The zero-order chi connectivity index (χ0) is 19.5. The molecule has 0 bridgehead atoms. The van der Waals surface area contributed by atoms with Gasteiger partial charge >= 0.3 is 0 Å². The zero-order valence-electron chi connectivity index (χ0n) is 15.1. The number of rotatable bonds is 6. The molecule has 28 heavy (non-hydrogen) atoms. The van der Waals surface area contributed by atoms with Gasteiger partial charge in [0.25, 0.3) is 0 Å². The number of Topliss-reactive ketones (excluding diaryl/α,β-unsaturated/α-hetero) is 1. The van der Waals surface area contributed by atoms with Gasteiger partial charge in [-0.25, -0.2) is 9.97 Å². The van der Waals surface area contributed by atoms with Crippen LogP contribution in [0.2, 0.25) is 0 Å². The first kappa shape index (κ1) is 18.4. The molecule has 0 aliphatic carbocycles. The lowest BCUT2D eigenvalue weighted by molar-refractivity contribution is -0.116. The number of nitrogens with zero attached hydrogens (tertiary/aromatic N) is 4. The Labute approximate surface area is 170 Å². The quantitative estimate of drug-likeness (QED) is 0.437. The van der Waals surface area contributed by atoms with Crippen molar-refractivity contribution >= 4 is 39.9 Å². The third-order valence-electron chi connectivity index (χ3n) is 4.38. The van der Waals surface area contributed by atoms with E-state index in [1.54, 1.807) is 0 Å². The highest BCUT2D eigenvalue weighted by molar-refractivity contribution is 7.99. The molecule has 0 spiro atoms. The van der Waals surface area contributed by atoms with Gasteiger partial charge in [0.2, 0.25) is 0 Å². The van der Waals surface area contributed by atoms with E-state index in [0.29, 0.717) is 5.01 Å². The predicted molar refractivity (Wildman–Crippen MR) is 112 cm³/mol. The second kappa shape index (κ2) is 7.97. The zero-order valence-corrected chi connectivity index (χ0v) is 16.7. The maximum atomic E-state index is 12.7. The number of carbonyl (C=O) groups excluding carboxylic acids is 1. The summed E-state index contributed by atoms with van der Waals surface area (Å²) >= 11 is 2.70. The molecule has 5 nitrogen and oxygen atoms in total. The number of ketones is 1. The summed E-state index contributed by atoms with van der Waals surface area (Å²) in [6.07, 6.45) is 0. The van der Waals surface area contributed by atoms with Gasteiger partial charge in [0.15, 0.2) is 16.9 Å². The van der Waals surface area contributed by atoms with Gasteiger partial charge < -0.3 is 4.57 Å². The van der Waals surface area contributed by atoms with Crippen molar-refractivity contribution in [3.63, 3.8) is 0 Å². The van der Waals surface area contributed by atoms with E-state index < -0.39 is 5.92 Å². The SMILES string of the molecule is Cn1c(SCC(=O)C(C#N)c2nc(-c3ccccc3)cs2)nc2ccccc21. The molecule has 0 amide bonds. The van der Waals surface area contributed by atoms with Gasteiger partial charge in [-0.15, -0.1) is 11.3 Å². The topological polar surface area (TPSA) is 71.6 Å². The number of thioether (sulfide) groups is 1. The van der Waals surface area contributed by atoms with Gasteiger partial charge in [-0.1, -0.05) is 54.2 Å². The maximum absolute atomic E-state index is 12.7. The standard InChI is InChI=1S/C21H16N4OS2/c1-25-18-10-6-5-9-16(18)24-21(25)28-13-19(26)15(11-22)20-23-17(12-27-20)14-7-3-2-4-8-14/h2-10,12,15H,13H2,1H3. The highest BCUT2D eigenvalue weighted by atomic mass is 32.2. The first-order chi connectivity index (χ1) is 13.7. The Bertz CT molecular complexity index is 1170. The smallest absolute Gasteiger partial charge is 0.169 e. The minimum absolute atomic E-state index is 0.159. The van der Waals surface area contributed by atoms with Crippen molar-refractivity contribution in [2.45, 2.75) is 11.1 Å². The van der Waals surface area contributed by atoms with Crippen molar-refractivity contribution in [3.8, 4) is 17.3 Å². The number of aromatic nitrogens is 3. The van der Waals surface area contributed by atoms with E-state index in [-0.39, 0.29) is 11.5 Å². The Hall–Kier alpha value is -2.95. The molecule has 0 radical (unpaired) electrons. The minimum atomic E-state index is -0.857. The van der Waals surface area contributed by atoms with Crippen LogP contribution in [0.4, 0.5) is 0 Å². The highest BCUT2D eigenvalue weighted by Gasteiger charge is 2.24. The molecule has 0 N–H and O–H groups in total. The number of aryl methyl sites for hydroxylation is 1. The van der Waals surface area contributed by atoms with Crippen molar-refractivity contribution < 1.29 is 4.79 Å². The van der Waals surface area contributed by atoms with E-state index in [0.717, 1.165) is 27.4 Å². The van der Waals surface area contributed by atoms with E-state index in [1.807, 2.05) is 71.6 Å². The van der Waals surface area contributed by atoms with Gasteiger partial charge in [0.05, 0.1) is 28.5 Å². The molecule has 0 fully saturated rings. The third kappa shape index (κ3) is 3.57. The maximum Gasteiger partial charge on any atom is 0.169 e. The van der Waals surface area contributed by atoms with E-state index in [4.69, 9.17) is 0 Å². The predicted octanol–water partition coefficient (Wildman–Crippen LogP) is 4.67. The van der Waals surface area contributed by atoms with Gasteiger partial charge in [-0.3, -0.25) is 4.79 Å². The molecule has 4 rings (SSSR count). The average Bonchev–Trinajstić information content (AvgIpc) is 3.33. The first-order valence-corrected chi connectivity index (χ1v) is 10.5. The van der Waals surface area contributed by atoms with Crippen LogP contribution in [0.3, 0.4) is 0 Å². The highest BCUT2D eigenvalue weighted by Crippen LogP contribution is 2.29. The molecule has 2 aromatic heterocycles. The van der Waals surface area contributed by atoms with Crippen molar-refractivity contribution in [1.82, 2.24) is 14.5 Å². The summed E-state index contributed by atoms with van der Waals surface area (Å²) in [4.78, 5) is 21.8. The molecular weight excluding hydrogens is 388 g/mol. The number of thiazole rings is 1. The summed E-state index contributed by atoms with van der Waals surface area (Å²) in [6.45, 7) is 0. The Morgan fingerprint density at radius 3 is 2.68 bits per heavy atom. The van der Waals surface area contributed by atoms with E-state index in [9.17, 15) is 10.1 Å². The van der Waals surface area contributed by atoms with Crippen LogP contribution in [-0.4, -0.2) is 26.1 Å². The molecule has 0 saturated carbocycles. The Balaban J connectivity index is 1.49. The van der Waals surface area contributed by atoms with Crippen molar-refractivity contribution in [1.29, 1.82) is 5.26 Å². The van der Waals surface area contributed by atoms with Crippen LogP contribution in [0.25, 0.3) is 22.3 Å². The number of hydrogen-bond donors (Lipinski definition) is 0. The van der Waals surface area contributed by atoms with E-state index >= 15 is 0 Å². The Kier molecular flexibility index (Phi) is 5.24. The van der Waals surface area contributed by atoms with Crippen LogP contribution in [0.5, 0.6) is 0 Å². The fourth-order valence-electron chi connectivity index (χ4n) is 2.90. The lowest BCUT2D eigenvalue weighted by atomic mass is 10.1. The molecule has 4 aromatic rings. The van der Waals surface area contributed by atoms with Crippen LogP contribution >= 0.6 is 23.1 Å². The molecule has 138 valence electrons. The van der Waals surface area contributed by atoms with Gasteiger partial charge in [-0.05, 0) is 12.1 Å². The molecule has 7 heteroatoms. The van der Waals surface area contributed by atoms with Gasteiger partial charge in [-0.2, -0.15) is 5.26 Å². The summed E-state index contributed by atoms with van der Waals surface area (Å²) in [7, 11) is 1.93. The molecule has 0 aliphatic rings. The summed E-state index contributed by atoms with van der Waals surface area (Å²) in [5.74, 6) is -0.839. The second-order valence-electron chi connectivity index (χ2n) is 6.20. The summed E-state index contributed by atoms with van der Waals surface area (Å²) < 4.78 is 1.96. The van der Waals surface area contributed by atoms with Crippen LogP contribution < -0.4 is 0 Å². The van der Waals surface area contributed by atoms with E-state index in [1.165, 1.54) is 23.1 Å². The lowest BCUT2D eigenvalue weighted by Crippen LogP contribution is -2.13. The largest absolute Gasteiger partial charge is 0.322 e. The van der Waals surface area contributed by atoms with Gasteiger partial charge in [0.1, 0.15) is 5.01 Å². The van der Waals surface area contributed by atoms with Crippen molar-refractivity contribution in [2.24, 2.45) is 7.05 Å². The molecule has 1 atom stereocenters. The number of imidazole rings is 1. The number of carbonyl (C=O) groups is 1. The Morgan fingerprint density at radius 2 is 1.93 bits per heavy atom. The Morgan fingerprint density at radius 1 is 1.18 bits per heavy atom. The number of hydrogen-bond acceptors (Lipinski definition) is 6. The van der Waals surface area contributed by atoms with Crippen LogP contribution in [0, 0.1) is 11.3 Å². The number of fused-ring (bicyclic) bond motifs is 1. The first-order valence-electron chi connectivity index (χ1n) is 8.65. The molecule has 2 aromatic carbocycles. The molecule has 0 aliphatic heterocycles. The number of para-hydroxylation sites is 2. The van der Waals surface area contributed by atoms with Crippen LogP contribution in [-0.2, 0) is 11.8 Å². The summed E-state index contributed by atoms with van der Waals surface area (Å²) in [5, 5.41) is 12.7. The fourth-order valence-corrected chi connectivity index (χ4v) is 4.68. The molecule has 1 unspecified atom stereocenters. The normalized spacial score (nSPS) is 12.0. The van der Waals surface area contributed by atoms with Crippen LogP contribution in [0.1, 0.15) is 10.9 Å². The van der Waals surface area contributed by atoms with Crippen molar-refractivity contribution in [3.05, 3.63) is 65.0 Å². The monoisotopic (exact) mass is 404 g/mol. The van der Waals surface area contributed by atoms with Crippen molar-refractivity contribution in [2.75, 3.05) is 5.75 Å². The van der Waals surface area contributed by atoms with E-state index in [2.05, 4.69) is 16.0 Å². The lowest BCUT2D eigenvalue weighted by Gasteiger charge is -2.05. The number of benzene rings is 2. The summed E-state index contributed by atoms with van der Waals surface area (Å²) in [6, 6.07) is 19.7. The fraction of sp³-hybridized carbons (Fsp3) is 0.143. The van der Waals surface area contributed by atoms with Gasteiger partial charge in [0, 0.05) is 18.0 Å². The third-order valence-corrected chi connectivity index (χ3v) is 6.34. The molecule has 0 saturated heterocycles. The second-order valence-corrected chi connectivity index (χ2v) is 8.03. The summed E-state index contributed by atoms with van der Waals surface area (Å²) in [5.41, 5.74) is 3.67. The van der Waals surface area contributed by atoms with Crippen LogP contribution in [0.15, 0.2) is 65.1 Å².